The second-order valence-electron chi connectivity index (χ2n) is 5.09. The lowest BCUT2D eigenvalue weighted by Gasteiger charge is -2.04. The van der Waals surface area contributed by atoms with Crippen LogP contribution in [-0.2, 0) is 6.42 Å². The van der Waals surface area contributed by atoms with E-state index in [9.17, 15) is 0 Å². The number of anilines is 1. The van der Waals surface area contributed by atoms with Crippen LogP contribution >= 0.6 is 23.2 Å². The highest BCUT2D eigenvalue weighted by Crippen LogP contribution is 2.25. The molecule has 2 aromatic carbocycles. The molecule has 0 bridgehead atoms. The van der Waals surface area contributed by atoms with Gasteiger partial charge >= 0.3 is 0 Å². The Morgan fingerprint density at radius 2 is 1.96 bits per heavy atom. The van der Waals surface area contributed by atoms with Crippen molar-refractivity contribution in [1.82, 2.24) is 20.2 Å². The zero-order valence-electron chi connectivity index (χ0n) is 12.8. The fourth-order valence-corrected chi connectivity index (χ4v) is 2.49. The van der Waals surface area contributed by atoms with E-state index in [-0.39, 0.29) is 0 Å². The van der Waals surface area contributed by atoms with Gasteiger partial charge in [-0.2, -0.15) is 9.78 Å². The van der Waals surface area contributed by atoms with Gasteiger partial charge in [-0.05, 0) is 47.7 Å². The normalized spacial score (nSPS) is 11.1. The van der Waals surface area contributed by atoms with E-state index in [1.54, 1.807) is 29.1 Å². The molecule has 24 heavy (non-hydrogen) atoms. The number of rotatable bonds is 5. The lowest BCUT2D eigenvalue weighted by atomic mass is 10.2. The maximum absolute atomic E-state index is 6.07. The first-order chi connectivity index (χ1) is 11.6. The second-order valence-corrected chi connectivity index (χ2v) is 5.94. The predicted molar refractivity (Wildman–Crippen MR) is 96.2 cm³/mol. The minimum atomic E-state index is 0.471. The monoisotopic (exact) mass is 360 g/mol. The minimum Gasteiger partial charge on any atom is -0.277 e. The largest absolute Gasteiger partial charge is 0.277 e. The summed E-state index contributed by atoms with van der Waals surface area (Å²) < 4.78 is 1.68. The van der Waals surface area contributed by atoms with Crippen LogP contribution in [0.5, 0.6) is 0 Å². The maximum atomic E-state index is 6.07. The molecule has 3 aromatic rings. The van der Waals surface area contributed by atoms with Crippen molar-refractivity contribution >= 4 is 35.1 Å². The van der Waals surface area contributed by atoms with Gasteiger partial charge in [0.05, 0.1) is 16.4 Å². The number of hydrogen-bond donors (Lipinski definition) is 1. The highest BCUT2D eigenvalue weighted by molar-refractivity contribution is 6.36. The third-order valence-corrected chi connectivity index (χ3v) is 3.84. The van der Waals surface area contributed by atoms with Crippen LogP contribution in [0.4, 0.5) is 5.69 Å². The standard InChI is InChI=1S/C16H14Cl2N6/c1-11-2-5-13(6-3-11)24-16(21-22-23-24)8-9-19-20-15-7-4-12(17)10-14(15)18/h2-7,9-10,20H,8H2,1H3/b19-9+. The van der Waals surface area contributed by atoms with Crippen molar-refractivity contribution in [2.24, 2.45) is 5.10 Å². The topological polar surface area (TPSA) is 68.0 Å². The SMILES string of the molecule is Cc1ccc(-n2nnnc2C/C=N/Nc2ccc(Cl)cc2Cl)cc1. The van der Waals surface area contributed by atoms with E-state index in [0.29, 0.717) is 28.0 Å². The van der Waals surface area contributed by atoms with E-state index >= 15 is 0 Å². The van der Waals surface area contributed by atoms with Gasteiger partial charge < -0.3 is 0 Å². The number of halogens is 2. The van der Waals surface area contributed by atoms with Crippen LogP contribution < -0.4 is 5.43 Å². The summed E-state index contributed by atoms with van der Waals surface area (Å²) in [5.41, 5.74) is 5.63. The van der Waals surface area contributed by atoms with Crippen molar-refractivity contribution in [3.8, 4) is 5.69 Å². The summed E-state index contributed by atoms with van der Waals surface area (Å²) in [6.45, 7) is 2.03. The molecule has 0 spiro atoms. The van der Waals surface area contributed by atoms with E-state index in [2.05, 4.69) is 26.1 Å². The van der Waals surface area contributed by atoms with Gasteiger partial charge in [0, 0.05) is 17.7 Å². The molecule has 0 atom stereocenters. The zero-order chi connectivity index (χ0) is 16.9. The van der Waals surface area contributed by atoms with E-state index in [1.807, 2.05) is 31.2 Å². The Kier molecular flexibility index (Phi) is 5.08. The summed E-state index contributed by atoms with van der Waals surface area (Å²) in [6.07, 6.45) is 2.15. The molecule has 0 fully saturated rings. The number of aryl methyl sites for hydroxylation is 1. The third-order valence-electron chi connectivity index (χ3n) is 3.29. The summed E-state index contributed by atoms with van der Waals surface area (Å²) in [6, 6.07) is 13.1. The van der Waals surface area contributed by atoms with Gasteiger partial charge in [-0.15, -0.1) is 5.10 Å². The fourth-order valence-electron chi connectivity index (χ4n) is 2.04. The Labute approximate surface area is 149 Å². The van der Waals surface area contributed by atoms with Crippen LogP contribution in [0.1, 0.15) is 11.4 Å². The van der Waals surface area contributed by atoms with Gasteiger partial charge in [0.1, 0.15) is 0 Å². The molecule has 3 rings (SSSR count). The van der Waals surface area contributed by atoms with Gasteiger partial charge in [0.25, 0.3) is 0 Å². The molecule has 0 aliphatic carbocycles. The molecular formula is C16H14Cl2N6. The molecule has 0 saturated heterocycles. The number of nitrogens with one attached hydrogen (secondary N) is 1. The summed E-state index contributed by atoms with van der Waals surface area (Å²) in [7, 11) is 0. The Bertz CT molecular complexity index is 857. The number of nitrogens with zero attached hydrogens (tertiary/aromatic N) is 5. The molecule has 0 unspecified atom stereocenters. The number of hydrogen-bond acceptors (Lipinski definition) is 5. The second kappa shape index (κ2) is 7.42. The van der Waals surface area contributed by atoms with Gasteiger partial charge in [0.2, 0.25) is 0 Å². The van der Waals surface area contributed by atoms with Gasteiger partial charge in [-0.3, -0.25) is 5.43 Å². The molecular weight excluding hydrogens is 347 g/mol. The molecule has 0 radical (unpaired) electrons. The lowest BCUT2D eigenvalue weighted by Crippen LogP contribution is -2.04. The number of tetrazole rings is 1. The predicted octanol–water partition coefficient (Wildman–Crippen LogP) is 3.92. The molecule has 6 nitrogen and oxygen atoms in total. The summed E-state index contributed by atoms with van der Waals surface area (Å²) in [4.78, 5) is 0. The Morgan fingerprint density at radius 1 is 1.17 bits per heavy atom. The van der Waals surface area contributed by atoms with Crippen LogP contribution in [0.25, 0.3) is 5.69 Å². The van der Waals surface area contributed by atoms with Crippen molar-refractivity contribution in [1.29, 1.82) is 0 Å². The lowest BCUT2D eigenvalue weighted by molar-refractivity contribution is 0.775. The highest BCUT2D eigenvalue weighted by Gasteiger charge is 2.06. The van der Waals surface area contributed by atoms with E-state index in [1.165, 1.54) is 5.56 Å². The Balaban J connectivity index is 1.67. The number of benzene rings is 2. The fraction of sp³-hybridized carbons (Fsp3) is 0.125. The molecule has 1 aromatic heterocycles. The van der Waals surface area contributed by atoms with E-state index in [0.717, 1.165) is 5.69 Å². The third kappa shape index (κ3) is 3.90. The van der Waals surface area contributed by atoms with Crippen LogP contribution in [0.15, 0.2) is 47.6 Å². The highest BCUT2D eigenvalue weighted by atomic mass is 35.5. The number of hydrazone groups is 1. The van der Waals surface area contributed by atoms with Crippen LogP contribution in [0, 0.1) is 6.92 Å². The van der Waals surface area contributed by atoms with Crippen molar-refractivity contribution in [2.45, 2.75) is 13.3 Å². The first-order valence-electron chi connectivity index (χ1n) is 7.20. The average molecular weight is 361 g/mol. The van der Waals surface area contributed by atoms with E-state index in [4.69, 9.17) is 23.2 Å². The summed E-state index contributed by atoms with van der Waals surface area (Å²) >= 11 is 11.9. The first-order valence-corrected chi connectivity index (χ1v) is 7.96. The molecule has 0 aliphatic rings. The van der Waals surface area contributed by atoms with Crippen molar-refractivity contribution in [3.05, 3.63) is 63.9 Å². The molecule has 1 heterocycles. The first kappa shape index (κ1) is 16.4. The van der Waals surface area contributed by atoms with Crippen molar-refractivity contribution in [2.75, 3.05) is 5.43 Å². The molecule has 0 aliphatic heterocycles. The van der Waals surface area contributed by atoms with Gasteiger partial charge in [-0.1, -0.05) is 40.9 Å². The van der Waals surface area contributed by atoms with Crippen molar-refractivity contribution < 1.29 is 0 Å². The van der Waals surface area contributed by atoms with Crippen LogP contribution in [0.3, 0.4) is 0 Å². The van der Waals surface area contributed by atoms with E-state index < -0.39 is 0 Å². The molecule has 0 saturated carbocycles. The molecule has 8 heteroatoms. The van der Waals surface area contributed by atoms with Crippen molar-refractivity contribution in [3.63, 3.8) is 0 Å². The summed E-state index contributed by atoms with van der Waals surface area (Å²) in [5.74, 6) is 0.687. The van der Waals surface area contributed by atoms with Gasteiger partial charge in [0.15, 0.2) is 5.82 Å². The molecule has 0 amide bonds. The average Bonchev–Trinajstić information content (AvgIpc) is 3.02. The minimum absolute atomic E-state index is 0.471. The molecule has 1 N–H and O–H groups in total. The smallest absolute Gasteiger partial charge is 0.162 e. The van der Waals surface area contributed by atoms with Crippen LogP contribution in [0.2, 0.25) is 10.0 Å². The summed E-state index contributed by atoms with van der Waals surface area (Å²) in [5, 5.41) is 17.0. The molecule has 122 valence electrons. The number of aromatic nitrogens is 4. The quantitative estimate of drug-likeness (QED) is 0.553. The maximum Gasteiger partial charge on any atom is 0.162 e. The zero-order valence-corrected chi connectivity index (χ0v) is 14.3. The Hall–Kier alpha value is -2.44. The van der Waals surface area contributed by atoms with Crippen LogP contribution in [-0.4, -0.2) is 26.4 Å². The Morgan fingerprint density at radius 3 is 2.71 bits per heavy atom. The van der Waals surface area contributed by atoms with Gasteiger partial charge in [-0.25, -0.2) is 0 Å².